The van der Waals surface area contributed by atoms with Gasteiger partial charge in [0.25, 0.3) is 6.26 Å². The number of nitriles is 1. The highest BCUT2D eigenvalue weighted by Gasteiger charge is 2.40. The van der Waals surface area contributed by atoms with Crippen molar-refractivity contribution >= 4 is 12.1 Å². The van der Waals surface area contributed by atoms with Gasteiger partial charge in [-0.2, -0.15) is 0 Å². The predicted octanol–water partition coefficient (Wildman–Crippen LogP) is 4.49. The maximum Gasteiger partial charge on any atom is 0.410 e. The van der Waals surface area contributed by atoms with Crippen molar-refractivity contribution in [2.24, 2.45) is 0 Å². The van der Waals surface area contributed by atoms with Gasteiger partial charge < -0.3 is 14.4 Å². The van der Waals surface area contributed by atoms with Crippen molar-refractivity contribution in [1.82, 2.24) is 4.90 Å². The zero-order valence-electron chi connectivity index (χ0n) is 17.4. The Bertz CT molecular complexity index is 733. The van der Waals surface area contributed by atoms with E-state index in [-0.39, 0.29) is 12.5 Å². The number of ether oxygens (including phenoxy) is 2. The van der Waals surface area contributed by atoms with Crippen LogP contribution < -0.4 is 0 Å². The van der Waals surface area contributed by atoms with Crippen molar-refractivity contribution < 1.29 is 19.1 Å². The number of piperidine rings is 1. The topological polar surface area (TPSA) is 79.6 Å². The molecule has 1 amide bonds. The Morgan fingerprint density at radius 2 is 1.75 bits per heavy atom. The molecule has 0 atom stereocenters. The van der Waals surface area contributed by atoms with Gasteiger partial charge in [0.05, 0.1) is 6.42 Å². The first kappa shape index (κ1) is 21.7. The van der Waals surface area contributed by atoms with Crippen LogP contribution in [0.3, 0.4) is 0 Å². The van der Waals surface area contributed by atoms with Crippen LogP contribution in [-0.2, 0) is 19.7 Å². The van der Waals surface area contributed by atoms with E-state index < -0.39 is 17.0 Å². The van der Waals surface area contributed by atoms with Crippen LogP contribution in [0.5, 0.6) is 0 Å². The van der Waals surface area contributed by atoms with Gasteiger partial charge in [-0.3, -0.25) is 4.79 Å². The third-order valence-electron chi connectivity index (χ3n) is 5.20. The van der Waals surface area contributed by atoms with Gasteiger partial charge >= 0.3 is 12.1 Å². The van der Waals surface area contributed by atoms with E-state index in [9.17, 15) is 9.59 Å². The zero-order chi connectivity index (χ0) is 20.9. The zero-order valence-corrected chi connectivity index (χ0v) is 17.4. The second kappa shape index (κ2) is 8.64. The molecule has 0 unspecified atom stereocenters. The third kappa shape index (κ3) is 5.48. The van der Waals surface area contributed by atoms with E-state index >= 15 is 0 Å². The van der Waals surface area contributed by atoms with E-state index in [1.165, 1.54) is 11.8 Å². The SMILES string of the molecule is CC(C)c1ccc(C2(CC(=O)OC#N)CCN(C(=O)OC(C)(C)C)CC2)cc1. The van der Waals surface area contributed by atoms with Crippen molar-refractivity contribution in [3.8, 4) is 6.26 Å². The van der Waals surface area contributed by atoms with Crippen LogP contribution in [0.2, 0.25) is 0 Å². The minimum atomic E-state index is -0.547. The summed E-state index contributed by atoms with van der Waals surface area (Å²) in [7, 11) is 0. The molecule has 6 nitrogen and oxygen atoms in total. The minimum Gasteiger partial charge on any atom is -0.444 e. The summed E-state index contributed by atoms with van der Waals surface area (Å²) < 4.78 is 10.0. The molecule has 6 heteroatoms. The summed E-state index contributed by atoms with van der Waals surface area (Å²) in [6, 6.07) is 8.27. The molecule has 1 aromatic carbocycles. The second-order valence-electron chi connectivity index (χ2n) is 8.77. The minimum absolute atomic E-state index is 0.115. The van der Waals surface area contributed by atoms with Gasteiger partial charge in [0.2, 0.25) is 0 Å². The van der Waals surface area contributed by atoms with Crippen LogP contribution >= 0.6 is 0 Å². The molecule has 2 rings (SSSR count). The first-order chi connectivity index (χ1) is 13.1. The number of likely N-dealkylation sites (tertiary alicyclic amines) is 1. The first-order valence-corrected chi connectivity index (χ1v) is 9.73. The van der Waals surface area contributed by atoms with E-state index in [0.29, 0.717) is 31.8 Å². The van der Waals surface area contributed by atoms with Gasteiger partial charge in [-0.05, 0) is 50.7 Å². The highest BCUT2D eigenvalue weighted by atomic mass is 16.6. The Morgan fingerprint density at radius 3 is 2.21 bits per heavy atom. The van der Waals surface area contributed by atoms with Crippen molar-refractivity contribution in [2.45, 2.75) is 70.8 Å². The predicted molar refractivity (Wildman–Crippen MR) is 106 cm³/mol. The average molecular weight is 386 g/mol. The Morgan fingerprint density at radius 1 is 1.18 bits per heavy atom. The van der Waals surface area contributed by atoms with E-state index in [1.807, 2.05) is 20.8 Å². The summed E-state index contributed by atoms with van der Waals surface area (Å²) in [6.45, 7) is 10.8. The molecule has 1 aromatic rings. The average Bonchev–Trinajstić information content (AvgIpc) is 2.61. The van der Waals surface area contributed by atoms with Crippen molar-refractivity contribution in [2.75, 3.05) is 13.1 Å². The molecule has 1 aliphatic heterocycles. The largest absolute Gasteiger partial charge is 0.444 e. The lowest BCUT2D eigenvalue weighted by Gasteiger charge is -2.41. The molecule has 0 saturated carbocycles. The van der Waals surface area contributed by atoms with Gasteiger partial charge in [-0.15, -0.1) is 5.26 Å². The Balaban J connectivity index is 2.21. The third-order valence-corrected chi connectivity index (χ3v) is 5.20. The van der Waals surface area contributed by atoms with Gasteiger partial charge in [-0.25, -0.2) is 4.79 Å². The summed E-state index contributed by atoms with van der Waals surface area (Å²) in [5, 5.41) is 8.68. The summed E-state index contributed by atoms with van der Waals surface area (Å²) in [6.07, 6.45) is 2.46. The number of carbonyl (C=O) groups is 2. The van der Waals surface area contributed by atoms with Crippen LogP contribution in [0, 0.1) is 11.5 Å². The molecule has 152 valence electrons. The number of hydrogen-bond donors (Lipinski definition) is 0. The fourth-order valence-corrected chi connectivity index (χ4v) is 3.60. The Kier molecular flexibility index (Phi) is 6.71. The number of hydrogen-bond acceptors (Lipinski definition) is 5. The van der Waals surface area contributed by atoms with E-state index in [4.69, 9.17) is 10.00 Å². The van der Waals surface area contributed by atoms with Crippen molar-refractivity contribution in [3.63, 3.8) is 0 Å². The smallest absolute Gasteiger partial charge is 0.410 e. The maximum absolute atomic E-state index is 12.4. The van der Waals surface area contributed by atoms with Gasteiger partial charge in [0, 0.05) is 18.5 Å². The molecule has 0 aliphatic carbocycles. The molecular weight excluding hydrogens is 356 g/mol. The van der Waals surface area contributed by atoms with Crippen LogP contribution in [-0.4, -0.2) is 35.7 Å². The fraction of sp³-hybridized carbons (Fsp3) is 0.591. The molecule has 0 spiro atoms. The van der Waals surface area contributed by atoms with Gasteiger partial charge in [0.1, 0.15) is 5.60 Å². The molecule has 0 aromatic heterocycles. The number of nitrogens with zero attached hydrogens (tertiary/aromatic N) is 2. The Hall–Kier alpha value is -2.55. The molecule has 1 aliphatic rings. The molecule has 1 heterocycles. The normalized spacial score (nSPS) is 16.4. The fourth-order valence-electron chi connectivity index (χ4n) is 3.60. The van der Waals surface area contributed by atoms with Crippen LogP contribution in [0.25, 0.3) is 0 Å². The van der Waals surface area contributed by atoms with Gasteiger partial charge in [-0.1, -0.05) is 38.1 Å². The summed E-state index contributed by atoms with van der Waals surface area (Å²) in [4.78, 5) is 26.2. The lowest BCUT2D eigenvalue weighted by molar-refractivity contribution is -0.139. The lowest BCUT2D eigenvalue weighted by Crippen LogP contribution is -2.47. The summed E-state index contributed by atoms with van der Waals surface area (Å²) in [5.74, 6) is -0.122. The molecular formula is C22H30N2O4. The number of esters is 1. The number of carbonyl (C=O) groups excluding carboxylic acids is 2. The highest BCUT2D eigenvalue weighted by Crippen LogP contribution is 2.40. The monoisotopic (exact) mass is 386 g/mol. The molecule has 0 radical (unpaired) electrons. The summed E-state index contributed by atoms with van der Waals surface area (Å²) in [5.41, 5.74) is 1.26. The quantitative estimate of drug-likeness (QED) is 0.562. The van der Waals surface area contributed by atoms with Crippen LogP contribution in [0.1, 0.15) is 70.9 Å². The molecule has 0 bridgehead atoms. The number of rotatable bonds is 4. The second-order valence-corrected chi connectivity index (χ2v) is 8.77. The number of amides is 1. The maximum atomic E-state index is 12.4. The van der Waals surface area contributed by atoms with Crippen LogP contribution in [0.15, 0.2) is 24.3 Å². The highest BCUT2D eigenvalue weighted by molar-refractivity contribution is 5.73. The first-order valence-electron chi connectivity index (χ1n) is 9.73. The van der Waals surface area contributed by atoms with E-state index in [0.717, 1.165) is 5.56 Å². The van der Waals surface area contributed by atoms with E-state index in [1.54, 1.807) is 4.90 Å². The standard InChI is InChI=1S/C22H30N2O4/c1-16(2)17-6-8-18(9-7-17)22(14-19(25)27-15-23)10-12-24(13-11-22)20(26)28-21(3,4)5/h6-9,16H,10-14H2,1-5H3. The lowest BCUT2D eigenvalue weighted by atomic mass is 9.70. The molecule has 28 heavy (non-hydrogen) atoms. The van der Waals surface area contributed by atoms with Gasteiger partial charge in [0.15, 0.2) is 0 Å². The molecule has 1 fully saturated rings. The van der Waals surface area contributed by atoms with E-state index in [2.05, 4.69) is 42.8 Å². The Labute approximate surface area is 167 Å². The van der Waals surface area contributed by atoms with Crippen molar-refractivity contribution in [1.29, 1.82) is 5.26 Å². The number of benzene rings is 1. The molecule has 0 N–H and O–H groups in total. The van der Waals surface area contributed by atoms with Crippen molar-refractivity contribution in [3.05, 3.63) is 35.4 Å². The van der Waals surface area contributed by atoms with Crippen LogP contribution in [0.4, 0.5) is 4.79 Å². The summed E-state index contributed by atoms with van der Waals surface area (Å²) >= 11 is 0. The molecule has 1 saturated heterocycles.